The normalized spacial score (nSPS) is 11.0. The topological polar surface area (TPSA) is 69.4 Å². The lowest BCUT2D eigenvalue weighted by Gasteiger charge is -2.13. The van der Waals surface area contributed by atoms with E-state index in [0.717, 1.165) is 16.7 Å². The number of benzene rings is 1. The molecule has 0 aliphatic rings. The SMILES string of the molecule is Cc1cc(C(=O)COC(=O)c2c(C)noc2C(C)C)c(C)c(C)c1C. The quantitative estimate of drug-likeness (QED) is 0.595. The highest BCUT2D eigenvalue weighted by atomic mass is 16.5. The highest BCUT2D eigenvalue weighted by molar-refractivity contribution is 6.01. The van der Waals surface area contributed by atoms with Gasteiger partial charge in [-0.05, 0) is 62.9 Å². The van der Waals surface area contributed by atoms with E-state index in [-0.39, 0.29) is 18.3 Å². The Morgan fingerprint density at radius 1 is 1.08 bits per heavy atom. The van der Waals surface area contributed by atoms with Crippen LogP contribution in [0.5, 0.6) is 0 Å². The molecule has 0 fully saturated rings. The molecule has 0 spiro atoms. The number of ketones is 1. The number of Topliss-reactive ketones (excluding diaryl/α,β-unsaturated/α-hetero) is 1. The molecule has 0 atom stereocenters. The third-order valence-corrected chi connectivity index (χ3v) is 4.73. The van der Waals surface area contributed by atoms with Crippen LogP contribution < -0.4 is 0 Å². The summed E-state index contributed by atoms with van der Waals surface area (Å²) in [7, 11) is 0. The van der Waals surface area contributed by atoms with Crippen LogP contribution in [0.25, 0.3) is 0 Å². The Hall–Kier alpha value is -2.43. The molecule has 0 unspecified atom stereocenters. The number of hydrogen-bond acceptors (Lipinski definition) is 5. The minimum absolute atomic E-state index is 0.00379. The van der Waals surface area contributed by atoms with Gasteiger partial charge in [-0.2, -0.15) is 0 Å². The van der Waals surface area contributed by atoms with Crippen LogP contribution in [-0.4, -0.2) is 23.5 Å². The fourth-order valence-electron chi connectivity index (χ4n) is 2.81. The Kier molecular flexibility index (Phi) is 5.45. The Bertz CT molecular complexity index is 831. The maximum atomic E-state index is 12.5. The van der Waals surface area contributed by atoms with Crippen molar-refractivity contribution >= 4 is 11.8 Å². The van der Waals surface area contributed by atoms with Crippen molar-refractivity contribution in [3.63, 3.8) is 0 Å². The summed E-state index contributed by atoms with van der Waals surface area (Å²) >= 11 is 0. The summed E-state index contributed by atoms with van der Waals surface area (Å²) in [5, 5.41) is 3.83. The summed E-state index contributed by atoms with van der Waals surface area (Å²) in [6.07, 6.45) is 0. The Morgan fingerprint density at radius 3 is 2.32 bits per heavy atom. The van der Waals surface area contributed by atoms with Crippen molar-refractivity contribution in [2.45, 2.75) is 54.4 Å². The summed E-state index contributed by atoms with van der Waals surface area (Å²) in [5.41, 5.74) is 5.62. The fourth-order valence-corrected chi connectivity index (χ4v) is 2.81. The number of rotatable bonds is 5. The number of carbonyl (C=O) groups excluding carboxylic acids is 2. The van der Waals surface area contributed by atoms with Crippen LogP contribution in [-0.2, 0) is 4.74 Å². The van der Waals surface area contributed by atoms with Crippen molar-refractivity contribution in [1.82, 2.24) is 5.16 Å². The van der Waals surface area contributed by atoms with E-state index in [9.17, 15) is 9.59 Å². The predicted octanol–water partition coefficient (Wildman–Crippen LogP) is 4.38. The van der Waals surface area contributed by atoms with Crippen LogP contribution in [0, 0.1) is 34.6 Å². The molecule has 2 aromatic rings. The molecule has 0 aliphatic carbocycles. The van der Waals surface area contributed by atoms with E-state index in [1.807, 2.05) is 47.6 Å². The van der Waals surface area contributed by atoms with E-state index in [1.54, 1.807) is 6.92 Å². The third-order valence-electron chi connectivity index (χ3n) is 4.73. The van der Waals surface area contributed by atoms with Crippen molar-refractivity contribution < 1.29 is 18.8 Å². The van der Waals surface area contributed by atoms with Gasteiger partial charge in [0, 0.05) is 11.5 Å². The molecule has 0 bridgehead atoms. The van der Waals surface area contributed by atoms with Crippen molar-refractivity contribution in [3.8, 4) is 0 Å². The number of aryl methyl sites for hydroxylation is 2. The lowest BCUT2D eigenvalue weighted by molar-refractivity contribution is 0.0471. The number of nitrogens with zero attached hydrogens (tertiary/aromatic N) is 1. The zero-order valence-electron chi connectivity index (χ0n) is 15.9. The smallest absolute Gasteiger partial charge is 0.344 e. The molecule has 1 aromatic carbocycles. The van der Waals surface area contributed by atoms with E-state index in [0.29, 0.717) is 22.6 Å². The number of esters is 1. The van der Waals surface area contributed by atoms with E-state index in [4.69, 9.17) is 9.26 Å². The summed E-state index contributed by atoms with van der Waals surface area (Å²) in [6, 6.07) is 1.86. The molecular formula is C20H25NO4. The molecule has 2 rings (SSSR count). The second kappa shape index (κ2) is 7.21. The summed E-state index contributed by atoms with van der Waals surface area (Å²) in [5.74, 6) is -0.302. The number of hydrogen-bond donors (Lipinski definition) is 0. The molecule has 0 N–H and O–H groups in total. The van der Waals surface area contributed by atoms with Gasteiger partial charge in [0.25, 0.3) is 0 Å². The van der Waals surface area contributed by atoms with Crippen molar-refractivity contribution in [1.29, 1.82) is 0 Å². The van der Waals surface area contributed by atoms with Crippen molar-refractivity contribution in [3.05, 3.63) is 50.9 Å². The zero-order chi connectivity index (χ0) is 18.9. The Balaban J connectivity index is 2.19. The maximum Gasteiger partial charge on any atom is 0.344 e. The Labute approximate surface area is 148 Å². The largest absolute Gasteiger partial charge is 0.454 e. The van der Waals surface area contributed by atoms with Gasteiger partial charge in [0.1, 0.15) is 5.56 Å². The van der Waals surface area contributed by atoms with Gasteiger partial charge >= 0.3 is 5.97 Å². The van der Waals surface area contributed by atoms with E-state index < -0.39 is 5.97 Å². The molecule has 25 heavy (non-hydrogen) atoms. The maximum absolute atomic E-state index is 12.5. The molecule has 0 amide bonds. The van der Waals surface area contributed by atoms with Crippen LogP contribution >= 0.6 is 0 Å². The molecule has 0 aliphatic heterocycles. The monoisotopic (exact) mass is 343 g/mol. The Morgan fingerprint density at radius 2 is 1.72 bits per heavy atom. The number of aromatic nitrogens is 1. The first kappa shape index (κ1) is 18.9. The minimum Gasteiger partial charge on any atom is -0.454 e. The average molecular weight is 343 g/mol. The van der Waals surface area contributed by atoms with Crippen molar-refractivity contribution in [2.24, 2.45) is 0 Å². The first-order valence-corrected chi connectivity index (χ1v) is 8.39. The zero-order valence-corrected chi connectivity index (χ0v) is 15.9. The highest BCUT2D eigenvalue weighted by Gasteiger charge is 2.25. The van der Waals surface area contributed by atoms with Crippen LogP contribution in [0.3, 0.4) is 0 Å². The fraction of sp³-hybridized carbons (Fsp3) is 0.450. The van der Waals surface area contributed by atoms with Crippen molar-refractivity contribution in [2.75, 3.05) is 6.61 Å². The summed E-state index contributed by atoms with van der Waals surface area (Å²) in [6.45, 7) is 13.1. The average Bonchev–Trinajstić information content (AvgIpc) is 2.95. The number of carbonyl (C=O) groups is 2. The molecule has 5 nitrogen and oxygen atoms in total. The first-order valence-electron chi connectivity index (χ1n) is 8.39. The van der Waals surface area contributed by atoms with E-state index in [1.165, 1.54) is 5.56 Å². The molecule has 1 heterocycles. The van der Waals surface area contributed by atoms with Gasteiger partial charge in [-0.3, -0.25) is 4.79 Å². The summed E-state index contributed by atoms with van der Waals surface area (Å²) in [4.78, 5) is 24.9. The lowest BCUT2D eigenvalue weighted by Crippen LogP contribution is -2.17. The van der Waals surface area contributed by atoms with Gasteiger partial charge in [0.2, 0.25) is 5.78 Å². The molecule has 5 heteroatoms. The first-order chi connectivity index (χ1) is 11.6. The second-order valence-electron chi connectivity index (χ2n) is 6.78. The molecule has 0 saturated carbocycles. The van der Waals surface area contributed by atoms with Gasteiger partial charge in [-0.15, -0.1) is 0 Å². The lowest BCUT2D eigenvalue weighted by atomic mass is 9.93. The molecule has 1 aromatic heterocycles. The van der Waals surface area contributed by atoms with Crippen LogP contribution in [0.2, 0.25) is 0 Å². The van der Waals surface area contributed by atoms with Gasteiger partial charge in [-0.1, -0.05) is 19.0 Å². The molecule has 0 saturated heterocycles. The van der Waals surface area contributed by atoms with E-state index >= 15 is 0 Å². The minimum atomic E-state index is -0.575. The second-order valence-corrected chi connectivity index (χ2v) is 6.78. The van der Waals surface area contributed by atoms with Crippen LogP contribution in [0.1, 0.15) is 74.2 Å². The van der Waals surface area contributed by atoms with E-state index in [2.05, 4.69) is 5.16 Å². The van der Waals surface area contributed by atoms with Crippen LogP contribution in [0.15, 0.2) is 10.6 Å². The van der Waals surface area contributed by atoms with Gasteiger partial charge in [0.05, 0.1) is 5.69 Å². The predicted molar refractivity (Wildman–Crippen MR) is 95.3 cm³/mol. The summed E-state index contributed by atoms with van der Waals surface area (Å²) < 4.78 is 10.4. The van der Waals surface area contributed by atoms with Gasteiger partial charge < -0.3 is 9.26 Å². The van der Waals surface area contributed by atoms with Gasteiger partial charge in [-0.25, -0.2) is 4.79 Å². The molecule has 0 radical (unpaired) electrons. The van der Waals surface area contributed by atoms with Gasteiger partial charge in [0.15, 0.2) is 12.4 Å². The standard InChI is InChI=1S/C20H25NO4/c1-10(2)19-18(15(7)21-25-19)20(23)24-9-17(22)16-8-11(3)12(4)13(5)14(16)6/h8,10H,9H2,1-7H3. The number of ether oxygens (including phenoxy) is 1. The van der Waals surface area contributed by atoms with Crippen LogP contribution in [0.4, 0.5) is 0 Å². The molecular weight excluding hydrogens is 318 g/mol. The third kappa shape index (κ3) is 3.65. The molecule has 134 valence electrons. The highest BCUT2D eigenvalue weighted by Crippen LogP contribution is 2.24.